The first kappa shape index (κ1) is 31.7. The molecular formula is C32H41N3O5S. The largest absolute Gasteiger partial charge is 0.497 e. The molecule has 0 radical (unpaired) electrons. The molecule has 0 aliphatic rings. The van der Waals surface area contributed by atoms with Crippen molar-refractivity contribution in [2.75, 3.05) is 18.0 Å². The zero-order chi connectivity index (χ0) is 30.5. The lowest BCUT2D eigenvalue weighted by Crippen LogP contribution is -2.54. The number of anilines is 1. The highest BCUT2D eigenvalue weighted by Crippen LogP contribution is 2.29. The number of nitrogens with one attached hydrogen (secondary N) is 1. The molecule has 3 aromatic rings. The van der Waals surface area contributed by atoms with Gasteiger partial charge in [0.2, 0.25) is 11.8 Å². The third kappa shape index (κ3) is 7.88. The zero-order valence-corrected chi connectivity index (χ0v) is 26.0. The Kier molecular flexibility index (Phi) is 9.86. The third-order valence-electron chi connectivity index (χ3n) is 6.89. The van der Waals surface area contributed by atoms with Gasteiger partial charge in [0.25, 0.3) is 10.0 Å². The number of hydrogen-bond donors (Lipinski definition) is 1. The van der Waals surface area contributed by atoms with Crippen LogP contribution in [-0.4, -0.2) is 50.4 Å². The van der Waals surface area contributed by atoms with Crippen molar-refractivity contribution < 1.29 is 22.7 Å². The van der Waals surface area contributed by atoms with Gasteiger partial charge in [0.1, 0.15) is 18.3 Å². The van der Waals surface area contributed by atoms with Gasteiger partial charge in [-0.3, -0.25) is 13.9 Å². The number of methoxy groups -OCH3 is 1. The predicted molar refractivity (Wildman–Crippen MR) is 163 cm³/mol. The van der Waals surface area contributed by atoms with E-state index in [4.69, 9.17) is 4.74 Å². The second-order valence-corrected chi connectivity index (χ2v) is 13.2. The molecule has 220 valence electrons. The second kappa shape index (κ2) is 12.8. The molecule has 8 nitrogen and oxygen atoms in total. The molecule has 1 atom stereocenters. The van der Waals surface area contributed by atoms with E-state index < -0.39 is 34.1 Å². The van der Waals surface area contributed by atoms with Gasteiger partial charge in [-0.05, 0) is 95.5 Å². The maximum Gasteiger partial charge on any atom is 0.264 e. The van der Waals surface area contributed by atoms with Crippen LogP contribution in [0.3, 0.4) is 0 Å². The Hall–Kier alpha value is -3.85. The van der Waals surface area contributed by atoms with Crippen LogP contribution in [-0.2, 0) is 26.2 Å². The van der Waals surface area contributed by atoms with Gasteiger partial charge >= 0.3 is 0 Å². The summed E-state index contributed by atoms with van der Waals surface area (Å²) in [4.78, 5) is 28.9. The van der Waals surface area contributed by atoms with E-state index in [0.29, 0.717) is 11.4 Å². The van der Waals surface area contributed by atoms with Crippen LogP contribution in [0, 0.1) is 20.8 Å². The van der Waals surface area contributed by atoms with E-state index >= 15 is 0 Å². The van der Waals surface area contributed by atoms with Crippen molar-refractivity contribution in [1.82, 2.24) is 10.2 Å². The average molecular weight is 580 g/mol. The smallest absolute Gasteiger partial charge is 0.264 e. The first-order valence-corrected chi connectivity index (χ1v) is 15.0. The minimum Gasteiger partial charge on any atom is -0.497 e. The van der Waals surface area contributed by atoms with Crippen LogP contribution in [0.25, 0.3) is 0 Å². The summed E-state index contributed by atoms with van der Waals surface area (Å²) in [6.07, 6.45) is 0. The quantitative estimate of drug-likeness (QED) is 0.359. The fourth-order valence-electron chi connectivity index (χ4n) is 4.38. The molecule has 0 aromatic heterocycles. The minimum atomic E-state index is -4.13. The van der Waals surface area contributed by atoms with Crippen molar-refractivity contribution in [1.29, 1.82) is 0 Å². The van der Waals surface area contributed by atoms with Crippen LogP contribution < -0.4 is 14.4 Å². The molecule has 9 heteroatoms. The maximum absolute atomic E-state index is 14.1. The molecule has 0 unspecified atom stereocenters. The molecule has 1 N–H and O–H groups in total. The Morgan fingerprint density at radius 3 is 2.20 bits per heavy atom. The molecule has 0 aliphatic heterocycles. The van der Waals surface area contributed by atoms with Gasteiger partial charge in [0.15, 0.2) is 0 Å². The fourth-order valence-corrected chi connectivity index (χ4v) is 5.85. The Bertz CT molecular complexity index is 1490. The summed E-state index contributed by atoms with van der Waals surface area (Å²) in [7, 11) is -2.58. The van der Waals surface area contributed by atoms with Crippen molar-refractivity contribution >= 4 is 27.5 Å². The van der Waals surface area contributed by atoms with Crippen molar-refractivity contribution in [3.05, 3.63) is 89.0 Å². The standard InChI is InChI=1S/C32H41N3O5S/c1-22-15-17-28(18-16-22)41(38,39)35(29-14-9-11-23(2)24(29)3)21-30(36)34(25(4)31(37)33-32(5,6)7)20-26-12-10-13-27(19-26)40-8/h9-19,25H,20-21H2,1-8H3,(H,33,37)/t25-/m0/s1. The Morgan fingerprint density at radius 1 is 0.951 bits per heavy atom. The SMILES string of the molecule is COc1cccc(CN(C(=O)CN(c2cccc(C)c2C)S(=O)(=O)c2ccc(C)cc2)[C@@H](C)C(=O)NC(C)(C)C)c1. The number of carbonyl (C=O) groups excluding carboxylic acids is 2. The van der Waals surface area contributed by atoms with Gasteiger partial charge in [-0.25, -0.2) is 8.42 Å². The van der Waals surface area contributed by atoms with Crippen LogP contribution >= 0.6 is 0 Å². The molecule has 0 saturated carbocycles. The number of amides is 2. The highest BCUT2D eigenvalue weighted by atomic mass is 32.2. The lowest BCUT2D eigenvalue weighted by atomic mass is 10.1. The topological polar surface area (TPSA) is 96.0 Å². The van der Waals surface area contributed by atoms with E-state index in [0.717, 1.165) is 26.6 Å². The summed E-state index contributed by atoms with van der Waals surface area (Å²) in [5.74, 6) is -0.241. The van der Waals surface area contributed by atoms with Crippen LogP contribution in [0.5, 0.6) is 5.75 Å². The molecule has 0 heterocycles. The predicted octanol–water partition coefficient (Wildman–Crippen LogP) is 5.15. The summed E-state index contributed by atoms with van der Waals surface area (Å²) < 4.78 is 34.6. The van der Waals surface area contributed by atoms with E-state index in [1.807, 2.05) is 53.7 Å². The lowest BCUT2D eigenvalue weighted by Gasteiger charge is -2.34. The van der Waals surface area contributed by atoms with Crippen LogP contribution in [0.2, 0.25) is 0 Å². The van der Waals surface area contributed by atoms with Gasteiger partial charge in [-0.1, -0.05) is 42.0 Å². The molecule has 0 saturated heterocycles. The Morgan fingerprint density at radius 2 is 1.59 bits per heavy atom. The van der Waals surface area contributed by atoms with Gasteiger partial charge in [0.05, 0.1) is 17.7 Å². The van der Waals surface area contributed by atoms with E-state index in [1.54, 1.807) is 68.6 Å². The normalized spacial score (nSPS) is 12.4. The van der Waals surface area contributed by atoms with Crippen LogP contribution in [0.15, 0.2) is 71.6 Å². The Balaban J connectivity index is 2.09. The number of aryl methyl sites for hydroxylation is 2. The van der Waals surface area contributed by atoms with Gasteiger partial charge in [0, 0.05) is 12.1 Å². The van der Waals surface area contributed by atoms with E-state index in [9.17, 15) is 18.0 Å². The first-order valence-electron chi connectivity index (χ1n) is 13.5. The van der Waals surface area contributed by atoms with E-state index in [-0.39, 0.29) is 17.3 Å². The van der Waals surface area contributed by atoms with Crippen molar-refractivity contribution in [2.24, 2.45) is 0 Å². The van der Waals surface area contributed by atoms with Crippen LogP contribution in [0.4, 0.5) is 5.69 Å². The van der Waals surface area contributed by atoms with Crippen molar-refractivity contribution in [3.63, 3.8) is 0 Å². The number of rotatable bonds is 10. The number of sulfonamides is 1. The molecule has 41 heavy (non-hydrogen) atoms. The molecule has 0 spiro atoms. The van der Waals surface area contributed by atoms with Crippen LogP contribution in [0.1, 0.15) is 49.9 Å². The first-order chi connectivity index (χ1) is 19.1. The van der Waals surface area contributed by atoms with Crippen molar-refractivity contribution in [3.8, 4) is 5.75 Å². The molecular weight excluding hydrogens is 538 g/mol. The highest BCUT2D eigenvalue weighted by molar-refractivity contribution is 7.92. The third-order valence-corrected chi connectivity index (χ3v) is 8.66. The average Bonchev–Trinajstić information content (AvgIpc) is 2.91. The lowest BCUT2D eigenvalue weighted by molar-refractivity contribution is -0.140. The second-order valence-electron chi connectivity index (χ2n) is 11.3. The molecule has 0 fully saturated rings. The monoisotopic (exact) mass is 579 g/mol. The van der Waals surface area contributed by atoms with Gasteiger partial charge in [-0.15, -0.1) is 0 Å². The maximum atomic E-state index is 14.1. The summed E-state index contributed by atoms with van der Waals surface area (Å²) in [6.45, 7) is 12.4. The summed E-state index contributed by atoms with van der Waals surface area (Å²) in [6, 6.07) is 18.2. The molecule has 3 rings (SSSR count). The van der Waals surface area contributed by atoms with E-state index in [1.165, 1.54) is 4.90 Å². The number of hydrogen-bond acceptors (Lipinski definition) is 5. The number of ether oxygens (including phenoxy) is 1. The summed E-state index contributed by atoms with van der Waals surface area (Å²) >= 11 is 0. The summed E-state index contributed by atoms with van der Waals surface area (Å²) in [5, 5.41) is 2.94. The number of nitrogens with zero attached hydrogens (tertiary/aromatic N) is 2. The number of benzene rings is 3. The van der Waals surface area contributed by atoms with Gasteiger partial charge in [-0.2, -0.15) is 0 Å². The number of carbonyl (C=O) groups is 2. The fraction of sp³-hybridized carbons (Fsp3) is 0.375. The minimum absolute atomic E-state index is 0.0784. The summed E-state index contributed by atoms with van der Waals surface area (Å²) in [5.41, 5.74) is 3.19. The zero-order valence-electron chi connectivity index (χ0n) is 25.2. The molecule has 3 aromatic carbocycles. The van der Waals surface area contributed by atoms with E-state index in [2.05, 4.69) is 5.32 Å². The van der Waals surface area contributed by atoms with Crippen molar-refractivity contribution in [2.45, 2.75) is 71.5 Å². The highest BCUT2D eigenvalue weighted by Gasteiger charge is 2.34. The van der Waals surface area contributed by atoms with Gasteiger partial charge < -0.3 is 15.0 Å². The molecule has 0 aliphatic carbocycles. The molecule has 2 amide bonds. The Labute approximate surface area is 244 Å². The molecule has 0 bridgehead atoms.